The molecule has 0 bridgehead atoms. The van der Waals surface area contributed by atoms with Crippen molar-refractivity contribution in [3.05, 3.63) is 53.2 Å². The Hall–Kier alpha value is -2.63. The Labute approximate surface area is 139 Å². The Morgan fingerprint density at radius 3 is 2.67 bits per heavy atom. The molecule has 1 aromatic heterocycles. The monoisotopic (exact) mass is 328 g/mol. The Morgan fingerprint density at radius 2 is 2.04 bits per heavy atom. The lowest BCUT2D eigenvalue weighted by molar-refractivity contribution is -0.141. The minimum atomic E-state index is -0.938. The number of carbonyl (C=O) groups is 2. The van der Waals surface area contributed by atoms with Crippen LogP contribution in [0.25, 0.3) is 0 Å². The van der Waals surface area contributed by atoms with Gasteiger partial charge in [0.25, 0.3) is 5.91 Å². The molecule has 6 heteroatoms. The van der Waals surface area contributed by atoms with E-state index in [9.17, 15) is 14.7 Å². The summed E-state index contributed by atoms with van der Waals surface area (Å²) in [6.45, 7) is 1.77. The second-order valence-electron chi connectivity index (χ2n) is 6.18. The lowest BCUT2D eigenvalue weighted by Crippen LogP contribution is -2.34. The summed E-state index contributed by atoms with van der Waals surface area (Å²) >= 11 is 0. The van der Waals surface area contributed by atoms with Gasteiger partial charge >= 0.3 is 5.97 Å². The van der Waals surface area contributed by atoms with Crippen molar-refractivity contribution in [2.45, 2.75) is 32.1 Å². The molecular formula is C18H20N2O4. The fraction of sp³-hybridized carbons (Fsp3) is 0.389. The van der Waals surface area contributed by atoms with Gasteiger partial charge in [0.2, 0.25) is 5.76 Å². The standard InChI is InChI=1S/C18H20N2O4/c1-11-15(24-17(20-11)13-7-8-13)16(21)19-10-14(18(22)23)9-12-5-3-2-4-6-12/h2-6,13-14H,7-10H2,1H3,(H,19,21)(H,22,23). The van der Waals surface area contributed by atoms with Crippen LogP contribution in [0.4, 0.5) is 0 Å². The van der Waals surface area contributed by atoms with E-state index in [1.54, 1.807) is 6.92 Å². The predicted molar refractivity (Wildman–Crippen MR) is 86.8 cm³/mol. The molecule has 0 spiro atoms. The number of benzene rings is 1. The van der Waals surface area contributed by atoms with Crippen molar-refractivity contribution in [3.8, 4) is 0 Å². The second-order valence-corrected chi connectivity index (χ2v) is 6.18. The number of aryl methyl sites for hydroxylation is 1. The number of hydrogen-bond donors (Lipinski definition) is 2. The molecule has 24 heavy (non-hydrogen) atoms. The first-order valence-electron chi connectivity index (χ1n) is 8.07. The molecule has 2 aromatic rings. The molecular weight excluding hydrogens is 308 g/mol. The van der Waals surface area contributed by atoms with Crippen LogP contribution in [0.3, 0.4) is 0 Å². The number of aliphatic carboxylic acids is 1. The third-order valence-electron chi connectivity index (χ3n) is 4.13. The summed E-state index contributed by atoms with van der Waals surface area (Å²) < 4.78 is 5.54. The van der Waals surface area contributed by atoms with Crippen molar-refractivity contribution < 1.29 is 19.1 Å². The largest absolute Gasteiger partial charge is 0.481 e. The van der Waals surface area contributed by atoms with Crippen molar-refractivity contribution in [2.24, 2.45) is 5.92 Å². The summed E-state index contributed by atoms with van der Waals surface area (Å²) in [6.07, 6.45) is 2.44. The quantitative estimate of drug-likeness (QED) is 0.815. The molecule has 0 aliphatic heterocycles. The molecule has 6 nitrogen and oxygen atoms in total. The number of carbonyl (C=O) groups excluding carboxylic acids is 1. The van der Waals surface area contributed by atoms with Gasteiger partial charge in [-0.1, -0.05) is 30.3 Å². The number of carboxylic acids is 1. The van der Waals surface area contributed by atoms with Crippen LogP contribution in [-0.4, -0.2) is 28.5 Å². The van der Waals surface area contributed by atoms with Gasteiger partial charge in [-0.3, -0.25) is 9.59 Å². The highest BCUT2D eigenvalue weighted by Gasteiger charge is 2.31. The third-order valence-corrected chi connectivity index (χ3v) is 4.13. The van der Waals surface area contributed by atoms with Crippen molar-refractivity contribution in [1.82, 2.24) is 10.3 Å². The fourth-order valence-electron chi connectivity index (χ4n) is 2.57. The number of oxazole rings is 1. The van der Waals surface area contributed by atoms with E-state index in [1.165, 1.54) is 0 Å². The third kappa shape index (κ3) is 3.82. The van der Waals surface area contributed by atoms with Gasteiger partial charge in [-0.15, -0.1) is 0 Å². The van der Waals surface area contributed by atoms with Gasteiger partial charge in [-0.2, -0.15) is 0 Å². The number of hydrogen-bond acceptors (Lipinski definition) is 4. The summed E-state index contributed by atoms with van der Waals surface area (Å²) in [5, 5.41) is 12.0. The van der Waals surface area contributed by atoms with Crippen molar-refractivity contribution >= 4 is 11.9 Å². The highest BCUT2D eigenvalue weighted by atomic mass is 16.4. The van der Waals surface area contributed by atoms with E-state index in [0.29, 0.717) is 23.9 Å². The second kappa shape index (κ2) is 6.86. The van der Waals surface area contributed by atoms with Gasteiger partial charge in [0, 0.05) is 12.5 Å². The zero-order valence-corrected chi connectivity index (χ0v) is 13.5. The van der Waals surface area contributed by atoms with Crippen LogP contribution < -0.4 is 5.32 Å². The van der Waals surface area contributed by atoms with Crippen LogP contribution in [0.1, 0.15) is 46.5 Å². The summed E-state index contributed by atoms with van der Waals surface area (Å²) in [5.41, 5.74) is 1.47. The van der Waals surface area contributed by atoms with Gasteiger partial charge in [0.1, 0.15) is 0 Å². The fourth-order valence-corrected chi connectivity index (χ4v) is 2.57. The average molecular weight is 328 g/mol. The van der Waals surface area contributed by atoms with Crippen molar-refractivity contribution in [2.75, 3.05) is 6.54 Å². The SMILES string of the molecule is Cc1nc(C2CC2)oc1C(=O)NCC(Cc1ccccc1)C(=O)O. The first-order valence-corrected chi connectivity index (χ1v) is 8.07. The van der Waals surface area contributed by atoms with Crippen molar-refractivity contribution in [3.63, 3.8) is 0 Å². The Kier molecular flexibility index (Phi) is 4.64. The number of amides is 1. The summed E-state index contributed by atoms with van der Waals surface area (Å²) in [5.74, 6) is -0.923. The smallest absolute Gasteiger partial charge is 0.308 e. The first kappa shape index (κ1) is 16.2. The van der Waals surface area contributed by atoms with Gasteiger partial charge in [0.15, 0.2) is 5.89 Å². The molecule has 3 rings (SSSR count). The normalized spacial score (nSPS) is 15.0. The molecule has 1 saturated carbocycles. The van der Waals surface area contributed by atoms with Crippen molar-refractivity contribution in [1.29, 1.82) is 0 Å². The topological polar surface area (TPSA) is 92.4 Å². The van der Waals surface area contributed by atoms with E-state index in [-0.39, 0.29) is 12.3 Å². The maximum Gasteiger partial charge on any atom is 0.308 e. The lowest BCUT2D eigenvalue weighted by atomic mass is 9.99. The highest BCUT2D eigenvalue weighted by Crippen LogP contribution is 2.40. The van der Waals surface area contributed by atoms with E-state index < -0.39 is 17.8 Å². The number of nitrogens with one attached hydrogen (secondary N) is 1. The number of carboxylic acid groups (broad SMARTS) is 1. The molecule has 1 fully saturated rings. The maximum atomic E-state index is 12.3. The van der Waals surface area contributed by atoms with E-state index in [0.717, 1.165) is 18.4 Å². The van der Waals surface area contributed by atoms with Crippen LogP contribution >= 0.6 is 0 Å². The van der Waals surface area contributed by atoms with Gasteiger partial charge in [0.05, 0.1) is 11.6 Å². The average Bonchev–Trinajstić information content (AvgIpc) is 3.34. The van der Waals surface area contributed by atoms with Crippen LogP contribution in [0.15, 0.2) is 34.7 Å². The van der Waals surface area contributed by atoms with E-state index in [4.69, 9.17) is 4.42 Å². The summed E-state index contributed by atoms with van der Waals surface area (Å²) in [4.78, 5) is 28.0. The summed E-state index contributed by atoms with van der Waals surface area (Å²) in [6, 6.07) is 9.36. The zero-order chi connectivity index (χ0) is 17.1. The zero-order valence-electron chi connectivity index (χ0n) is 13.5. The molecule has 0 saturated heterocycles. The molecule has 2 N–H and O–H groups in total. The molecule has 1 amide bonds. The molecule has 1 atom stereocenters. The Bertz CT molecular complexity index is 735. The minimum absolute atomic E-state index is 0.0436. The van der Waals surface area contributed by atoms with E-state index >= 15 is 0 Å². The maximum absolute atomic E-state index is 12.3. The molecule has 1 aromatic carbocycles. The number of nitrogens with zero attached hydrogens (tertiary/aromatic N) is 1. The highest BCUT2D eigenvalue weighted by molar-refractivity contribution is 5.92. The molecule has 1 aliphatic rings. The van der Waals surface area contributed by atoms with Gasteiger partial charge < -0.3 is 14.8 Å². The summed E-state index contributed by atoms with van der Waals surface area (Å²) in [7, 11) is 0. The molecule has 1 heterocycles. The number of rotatable bonds is 7. The minimum Gasteiger partial charge on any atom is -0.481 e. The number of aromatic nitrogens is 1. The van der Waals surface area contributed by atoms with Gasteiger partial charge in [-0.05, 0) is 31.7 Å². The molecule has 0 radical (unpaired) electrons. The van der Waals surface area contributed by atoms with Crippen LogP contribution in [0.2, 0.25) is 0 Å². The molecule has 1 unspecified atom stereocenters. The van der Waals surface area contributed by atoms with Crippen LogP contribution in [0.5, 0.6) is 0 Å². The first-order chi connectivity index (χ1) is 11.5. The lowest BCUT2D eigenvalue weighted by Gasteiger charge is -2.13. The molecule has 1 aliphatic carbocycles. The van der Waals surface area contributed by atoms with Gasteiger partial charge in [-0.25, -0.2) is 4.98 Å². The van der Waals surface area contributed by atoms with Crippen LogP contribution in [-0.2, 0) is 11.2 Å². The Morgan fingerprint density at radius 1 is 1.33 bits per heavy atom. The van der Waals surface area contributed by atoms with E-state index in [1.807, 2.05) is 30.3 Å². The molecule has 126 valence electrons. The van der Waals surface area contributed by atoms with E-state index in [2.05, 4.69) is 10.3 Å². The Balaban J connectivity index is 1.61. The predicted octanol–water partition coefficient (Wildman–Crippen LogP) is 2.53. The van der Waals surface area contributed by atoms with Crippen LogP contribution in [0, 0.1) is 12.8 Å².